The van der Waals surface area contributed by atoms with Crippen molar-refractivity contribution in [3.05, 3.63) is 53.9 Å². The summed E-state index contributed by atoms with van der Waals surface area (Å²) >= 11 is 0. The van der Waals surface area contributed by atoms with Crippen molar-refractivity contribution in [2.75, 3.05) is 40.0 Å². The fourth-order valence-electron chi connectivity index (χ4n) is 3.51. The van der Waals surface area contributed by atoms with Crippen molar-refractivity contribution in [2.24, 2.45) is 0 Å². The summed E-state index contributed by atoms with van der Waals surface area (Å²) in [4.78, 5) is 33.3. The maximum absolute atomic E-state index is 13.1. The predicted molar refractivity (Wildman–Crippen MR) is 104 cm³/mol. The zero-order valence-corrected chi connectivity index (χ0v) is 16.2. The molecule has 0 N–H and O–H groups in total. The van der Waals surface area contributed by atoms with Crippen LogP contribution in [0.5, 0.6) is 11.5 Å². The van der Waals surface area contributed by atoms with Gasteiger partial charge in [-0.1, -0.05) is 6.07 Å². The van der Waals surface area contributed by atoms with Gasteiger partial charge in [0.2, 0.25) is 5.91 Å². The van der Waals surface area contributed by atoms with Crippen LogP contribution in [0, 0.1) is 0 Å². The molecule has 0 bridgehead atoms. The lowest BCUT2D eigenvalue weighted by Crippen LogP contribution is -2.39. The van der Waals surface area contributed by atoms with Crippen LogP contribution in [0.4, 0.5) is 0 Å². The van der Waals surface area contributed by atoms with Gasteiger partial charge in [0.15, 0.2) is 11.5 Å². The van der Waals surface area contributed by atoms with E-state index in [1.807, 2.05) is 12.1 Å². The second kappa shape index (κ2) is 8.48. The van der Waals surface area contributed by atoms with Crippen LogP contribution in [0.1, 0.15) is 15.9 Å². The molecular weight excluding hydrogens is 374 g/mol. The van der Waals surface area contributed by atoms with Gasteiger partial charge in [0.1, 0.15) is 19.8 Å². The lowest BCUT2D eigenvalue weighted by atomic mass is 10.1. The van der Waals surface area contributed by atoms with Crippen molar-refractivity contribution < 1.29 is 23.8 Å². The molecule has 0 saturated carbocycles. The van der Waals surface area contributed by atoms with Crippen LogP contribution in [-0.4, -0.2) is 72.7 Å². The standard InChI is InChI=1S/C21H23N3O5/c1-27-17-12-23(11-15-3-2-6-22-10-15)20(25)14-24(13-17)21(26)16-4-5-18-19(9-16)29-8-7-28-18/h2-6,9-10,17H,7-8,11-14H2,1H3. The molecule has 2 aliphatic rings. The molecule has 4 rings (SSSR count). The average Bonchev–Trinajstić information content (AvgIpc) is 2.92. The van der Waals surface area contributed by atoms with E-state index in [0.29, 0.717) is 49.9 Å². The summed E-state index contributed by atoms with van der Waals surface area (Å²) in [7, 11) is 1.59. The third kappa shape index (κ3) is 4.32. The Balaban J connectivity index is 1.52. The average molecular weight is 397 g/mol. The van der Waals surface area contributed by atoms with Crippen LogP contribution in [0.3, 0.4) is 0 Å². The Morgan fingerprint density at radius 3 is 2.79 bits per heavy atom. The minimum absolute atomic E-state index is 0.00655. The Kier molecular flexibility index (Phi) is 5.62. The van der Waals surface area contributed by atoms with E-state index >= 15 is 0 Å². The summed E-state index contributed by atoms with van der Waals surface area (Å²) in [5.74, 6) is 0.807. The number of rotatable bonds is 4. The first-order valence-electron chi connectivity index (χ1n) is 9.52. The molecule has 1 aromatic carbocycles. The van der Waals surface area contributed by atoms with Gasteiger partial charge in [-0.15, -0.1) is 0 Å². The lowest BCUT2D eigenvalue weighted by molar-refractivity contribution is -0.132. The Bertz CT molecular complexity index is 889. The Morgan fingerprint density at radius 1 is 1.21 bits per heavy atom. The van der Waals surface area contributed by atoms with E-state index in [4.69, 9.17) is 14.2 Å². The summed E-state index contributed by atoms with van der Waals surface area (Å²) in [5, 5.41) is 0. The van der Waals surface area contributed by atoms with Crippen LogP contribution in [0.25, 0.3) is 0 Å². The third-order valence-corrected chi connectivity index (χ3v) is 5.03. The number of nitrogens with zero attached hydrogens (tertiary/aromatic N) is 3. The number of hydrogen-bond acceptors (Lipinski definition) is 6. The summed E-state index contributed by atoms with van der Waals surface area (Å²) in [5.41, 5.74) is 1.39. The molecule has 1 saturated heterocycles. The molecule has 152 valence electrons. The first kappa shape index (κ1) is 19.2. The quantitative estimate of drug-likeness (QED) is 0.775. The number of carbonyl (C=O) groups excluding carboxylic acids is 2. The van der Waals surface area contributed by atoms with Crippen LogP contribution in [-0.2, 0) is 16.1 Å². The lowest BCUT2D eigenvalue weighted by Gasteiger charge is -2.24. The minimum Gasteiger partial charge on any atom is -0.486 e. The van der Waals surface area contributed by atoms with Gasteiger partial charge in [0.05, 0.1) is 6.10 Å². The summed E-state index contributed by atoms with van der Waals surface area (Å²) in [6.07, 6.45) is 3.15. The van der Waals surface area contributed by atoms with E-state index in [1.54, 1.807) is 42.6 Å². The van der Waals surface area contributed by atoms with Crippen molar-refractivity contribution in [1.82, 2.24) is 14.8 Å². The number of fused-ring (bicyclic) bond motifs is 1. The van der Waals surface area contributed by atoms with E-state index < -0.39 is 0 Å². The smallest absolute Gasteiger partial charge is 0.254 e. The first-order valence-corrected chi connectivity index (χ1v) is 9.52. The van der Waals surface area contributed by atoms with E-state index in [9.17, 15) is 9.59 Å². The largest absolute Gasteiger partial charge is 0.486 e. The fraction of sp³-hybridized carbons (Fsp3) is 0.381. The molecule has 3 heterocycles. The van der Waals surface area contributed by atoms with Crippen molar-refractivity contribution in [3.63, 3.8) is 0 Å². The van der Waals surface area contributed by atoms with Gasteiger partial charge in [0.25, 0.3) is 5.91 Å². The Hall–Kier alpha value is -3.13. The number of pyridine rings is 1. The molecule has 1 atom stereocenters. The normalized spacial score (nSPS) is 19.1. The van der Waals surface area contributed by atoms with Crippen LogP contribution < -0.4 is 9.47 Å². The second-order valence-electron chi connectivity index (χ2n) is 7.04. The third-order valence-electron chi connectivity index (χ3n) is 5.03. The van der Waals surface area contributed by atoms with E-state index in [1.165, 1.54) is 4.90 Å². The zero-order valence-electron chi connectivity index (χ0n) is 16.2. The highest BCUT2D eigenvalue weighted by atomic mass is 16.6. The molecule has 29 heavy (non-hydrogen) atoms. The maximum Gasteiger partial charge on any atom is 0.254 e. The molecular formula is C21H23N3O5. The van der Waals surface area contributed by atoms with E-state index in [2.05, 4.69) is 4.98 Å². The molecule has 2 aliphatic heterocycles. The van der Waals surface area contributed by atoms with Crippen LogP contribution in [0.2, 0.25) is 0 Å². The van der Waals surface area contributed by atoms with Crippen molar-refractivity contribution in [2.45, 2.75) is 12.6 Å². The summed E-state index contributed by atoms with van der Waals surface area (Å²) < 4.78 is 16.6. The van der Waals surface area contributed by atoms with Crippen LogP contribution >= 0.6 is 0 Å². The van der Waals surface area contributed by atoms with Gasteiger partial charge in [-0.25, -0.2) is 0 Å². The van der Waals surface area contributed by atoms with E-state index in [-0.39, 0.29) is 24.5 Å². The summed E-state index contributed by atoms with van der Waals surface area (Å²) in [6.45, 7) is 2.10. The molecule has 8 nitrogen and oxygen atoms in total. The molecule has 0 spiro atoms. The van der Waals surface area contributed by atoms with Gasteiger partial charge in [-0.05, 0) is 29.8 Å². The number of benzene rings is 1. The number of aromatic nitrogens is 1. The van der Waals surface area contributed by atoms with Crippen molar-refractivity contribution in [1.29, 1.82) is 0 Å². The van der Waals surface area contributed by atoms with Gasteiger partial charge in [0, 0.05) is 44.7 Å². The number of ether oxygens (including phenoxy) is 3. The van der Waals surface area contributed by atoms with Gasteiger partial charge in [-0.2, -0.15) is 0 Å². The SMILES string of the molecule is COC1CN(Cc2cccnc2)C(=O)CN(C(=O)c2ccc3c(c2)OCCO3)C1. The van der Waals surface area contributed by atoms with Crippen molar-refractivity contribution in [3.8, 4) is 11.5 Å². The molecule has 1 unspecified atom stereocenters. The van der Waals surface area contributed by atoms with Crippen LogP contribution in [0.15, 0.2) is 42.7 Å². The second-order valence-corrected chi connectivity index (χ2v) is 7.04. The molecule has 1 aromatic heterocycles. The predicted octanol–water partition coefficient (Wildman–Crippen LogP) is 1.35. The maximum atomic E-state index is 13.1. The monoisotopic (exact) mass is 397 g/mol. The molecule has 2 aromatic rings. The Morgan fingerprint density at radius 2 is 2.03 bits per heavy atom. The number of hydrogen-bond donors (Lipinski definition) is 0. The summed E-state index contributed by atoms with van der Waals surface area (Å²) in [6, 6.07) is 8.85. The van der Waals surface area contributed by atoms with Gasteiger partial charge in [-0.3, -0.25) is 14.6 Å². The zero-order chi connectivity index (χ0) is 20.2. The van der Waals surface area contributed by atoms with Crippen molar-refractivity contribution >= 4 is 11.8 Å². The topological polar surface area (TPSA) is 81.2 Å². The highest BCUT2D eigenvalue weighted by molar-refractivity contribution is 5.97. The van der Waals surface area contributed by atoms with Gasteiger partial charge < -0.3 is 24.0 Å². The molecule has 0 aliphatic carbocycles. The fourth-order valence-corrected chi connectivity index (χ4v) is 3.51. The molecule has 2 amide bonds. The van der Waals surface area contributed by atoms with E-state index in [0.717, 1.165) is 5.56 Å². The highest BCUT2D eigenvalue weighted by Crippen LogP contribution is 2.31. The first-order chi connectivity index (χ1) is 14.1. The number of amides is 2. The molecule has 8 heteroatoms. The molecule has 1 fully saturated rings. The van der Waals surface area contributed by atoms with Gasteiger partial charge >= 0.3 is 0 Å². The molecule has 0 radical (unpaired) electrons. The number of carbonyl (C=O) groups is 2. The number of methoxy groups -OCH3 is 1. The minimum atomic E-state index is -0.278. The highest BCUT2D eigenvalue weighted by Gasteiger charge is 2.31. The Labute approximate surface area is 169 Å².